The predicted molar refractivity (Wildman–Crippen MR) is 132 cm³/mol. The molecular weight excluding hydrogens is 434 g/mol. The molecule has 1 aromatic heterocycles. The molecular formula is C27H26ClN3O2. The molecule has 5 nitrogen and oxygen atoms in total. The number of amides is 1. The van der Waals surface area contributed by atoms with Crippen molar-refractivity contribution >= 4 is 17.5 Å². The summed E-state index contributed by atoms with van der Waals surface area (Å²) in [5, 5.41) is 3.73. The predicted octanol–water partition coefficient (Wildman–Crippen LogP) is 5.95. The summed E-state index contributed by atoms with van der Waals surface area (Å²) in [6.45, 7) is 2.02. The second-order valence-electron chi connectivity index (χ2n) is 7.94. The highest BCUT2D eigenvalue weighted by Gasteiger charge is 2.16. The number of benzene rings is 3. The molecule has 3 aromatic carbocycles. The largest absolute Gasteiger partial charge is 0.496 e. The van der Waals surface area contributed by atoms with Crippen LogP contribution in [0.5, 0.6) is 5.75 Å². The zero-order chi connectivity index (χ0) is 23.2. The Bertz CT molecular complexity index is 1240. The number of aryl methyl sites for hydroxylation is 1. The Balaban J connectivity index is 1.52. The van der Waals surface area contributed by atoms with Crippen molar-refractivity contribution in [3.63, 3.8) is 0 Å². The highest BCUT2D eigenvalue weighted by atomic mass is 35.5. The molecule has 1 atom stereocenters. The van der Waals surface area contributed by atoms with Gasteiger partial charge >= 0.3 is 0 Å². The SMILES string of the molecule is COc1ccc(Cl)cc1-c1cccc(-n2cncc2C(=O)NC(C)CCc2ccccc2)c1. The molecule has 1 N–H and O–H groups in total. The van der Waals surface area contributed by atoms with Gasteiger partial charge in [0.25, 0.3) is 5.91 Å². The van der Waals surface area contributed by atoms with Gasteiger partial charge in [-0.1, -0.05) is 54.1 Å². The van der Waals surface area contributed by atoms with Crippen molar-refractivity contribution in [2.75, 3.05) is 7.11 Å². The number of hydrogen-bond acceptors (Lipinski definition) is 3. The summed E-state index contributed by atoms with van der Waals surface area (Å²) in [6.07, 6.45) is 5.00. The first-order valence-electron chi connectivity index (χ1n) is 10.9. The molecule has 4 rings (SSSR count). The van der Waals surface area contributed by atoms with Gasteiger partial charge in [0, 0.05) is 22.3 Å². The number of aromatic nitrogens is 2. The molecule has 0 saturated heterocycles. The average Bonchev–Trinajstić information content (AvgIpc) is 3.34. The van der Waals surface area contributed by atoms with E-state index in [9.17, 15) is 4.79 Å². The van der Waals surface area contributed by atoms with E-state index in [1.807, 2.05) is 61.5 Å². The van der Waals surface area contributed by atoms with Gasteiger partial charge in [-0.25, -0.2) is 4.98 Å². The molecule has 1 unspecified atom stereocenters. The van der Waals surface area contributed by atoms with Gasteiger partial charge in [0.2, 0.25) is 0 Å². The van der Waals surface area contributed by atoms with Gasteiger partial charge in [-0.15, -0.1) is 0 Å². The molecule has 1 amide bonds. The molecule has 168 valence electrons. The van der Waals surface area contributed by atoms with E-state index in [1.165, 1.54) is 5.56 Å². The quantitative estimate of drug-likeness (QED) is 0.354. The van der Waals surface area contributed by atoms with Gasteiger partial charge in [-0.3, -0.25) is 9.36 Å². The number of halogens is 1. The van der Waals surface area contributed by atoms with Crippen LogP contribution in [0.15, 0.2) is 85.3 Å². The monoisotopic (exact) mass is 459 g/mol. The molecule has 0 saturated carbocycles. The zero-order valence-corrected chi connectivity index (χ0v) is 19.4. The Labute approximate surface area is 199 Å². The van der Waals surface area contributed by atoms with E-state index in [-0.39, 0.29) is 11.9 Å². The minimum Gasteiger partial charge on any atom is -0.496 e. The van der Waals surface area contributed by atoms with Crippen LogP contribution in [-0.4, -0.2) is 28.6 Å². The Hall–Kier alpha value is -3.57. The van der Waals surface area contributed by atoms with E-state index in [4.69, 9.17) is 16.3 Å². The number of nitrogens with zero attached hydrogens (tertiary/aromatic N) is 2. The second-order valence-corrected chi connectivity index (χ2v) is 8.38. The van der Waals surface area contributed by atoms with Crippen molar-refractivity contribution in [1.82, 2.24) is 14.9 Å². The lowest BCUT2D eigenvalue weighted by atomic mass is 10.0. The van der Waals surface area contributed by atoms with Crippen molar-refractivity contribution in [2.24, 2.45) is 0 Å². The normalized spacial score (nSPS) is 11.7. The highest BCUT2D eigenvalue weighted by Crippen LogP contribution is 2.33. The van der Waals surface area contributed by atoms with E-state index < -0.39 is 0 Å². The minimum absolute atomic E-state index is 0.0307. The van der Waals surface area contributed by atoms with E-state index >= 15 is 0 Å². The lowest BCUT2D eigenvalue weighted by molar-refractivity contribution is 0.0931. The van der Waals surface area contributed by atoms with Gasteiger partial charge < -0.3 is 10.1 Å². The summed E-state index contributed by atoms with van der Waals surface area (Å²) in [4.78, 5) is 17.2. The van der Waals surface area contributed by atoms with Gasteiger partial charge in [0.15, 0.2) is 0 Å². The molecule has 0 radical (unpaired) electrons. The summed E-state index contributed by atoms with van der Waals surface area (Å²) >= 11 is 6.22. The number of nitrogens with one attached hydrogen (secondary N) is 1. The number of carbonyl (C=O) groups excluding carboxylic acids is 1. The van der Waals surface area contributed by atoms with Gasteiger partial charge in [0.1, 0.15) is 11.4 Å². The van der Waals surface area contributed by atoms with Crippen molar-refractivity contribution < 1.29 is 9.53 Å². The number of ether oxygens (including phenoxy) is 1. The van der Waals surface area contributed by atoms with Crippen LogP contribution in [-0.2, 0) is 6.42 Å². The Kier molecular flexibility index (Phi) is 7.10. The standard InChI is InChI=1S/C27H26ClN3O2/c1-19(11-12-20-7-4-3-5-8-20)30-27(32)25-17-29-18-31(25)23-10-6-9-21(15-23)24-16-22(28)13-14-26(24)33-2/h3-10,13-19H,11-12H2,1-2H3,(H,30,32). The Morgan fingerprint density at radius 2 is 1.91 bits per heavy atom. The Morgan fingerprint density at radius 3 is 2.70 bits per heavy atom. The van der Waals surface area contributed by atoms with E-state index in [0.717, 1.165) is 35.4 Å². The van der Waals surface area contributed by atoms with Crippen LogP contribution < -0.4 is 10.1 Å². The average molecular weight is 460 g/mol. The number of carbonyl (C=O) groups is 1. The van der Waals surface area contributed by atoms with Crippen molar-refractivity contribution in [2.45, 2.75) is 25.8 Å². The molecule has 0 aliphatic heterocycles. The molecule has 4 aromatic rings. The van der Waals surface area contributed by atoms with Crippen molar-refractivity contribution in [3.05, 3.63) is 102 Å². The fraction of sp³-hybridized carbons (Fsp3) is 0.185. The maximum atomic E-state index is 13.0. The smallest absolute Gasteiger partial charge is 0.270 e. The third-order valence-electron chi connectivity index (χ3n) is 5.55. The van der Waals surface area contributed by atoms with Crippen LogP contribution in [0.4, 0.5) is 0 Å². The van der Waals surface area contributed by atoms with E-state index in [1.54, 1.807) is 30.3 Å². The van der Waals surface area contributed by atoms with Gasteiger partial charge in [0.05, 0.1) is 19.6 Å². The first-order chi connectivity index (χ1) is 16.0. The maximum absolute atomic E-state index is 13.0. The van der Waals surface area contributed by atoms with Crippen LogP contribution in [0.25, 0.3) is 16.8 Å². The molecule has 6 heteroatoms. The van der Waals surface area contributed by atoms with E-state index in [0.29, 0.717) is 10.7 Å². The van der Waals surface area contributed by atoms with Gasteiger partial charge in [-0.05, 0) is 61.2 Å². The molecule has 0 bridgehead atoms. The fourth-order valence-corrected chi connectivity index (χ4v) is 3.97. The third-order valence-corrected chi connectivity index (χ3v) is 5.79. The first kappa shape index (κ1) is 22.6. The fourth-order valence-electron chi connectivity index (χ4n) is 3.80. The number of hydrogen-bond donors (Lipinski definition) is 1. The van der Waals surface area contributed by atoms with Crippen LogP contribution in [0.3, 0.4) is 0 Å². The minimum atomic E-state index is -0.154. The topological polar surface area (TPSA) is 56.2 Å². The lowest BCUT2D eigenvalue weighted by Gasteiger charge is -2.16. The number of methoxy groups -OCH3 is 1. The summed E-state index contributed by atoms with van der Waals surface area (Å²) in [7, 11) is 1.63. The molecule has 0 spiro atoms. The summed E-state index contributed by atoms with van der Waals surface area (Å²) in [5.41, 5.74) is 4.39. The Morgan fingerprint density at radius 1 is 1.09 bits per heavy atom. The van der Waals surface area contributed by atoms with Crippen LogP contribution in [0.1, 0.15) is 29.4 Å². The molecule has 33 heavy (non-hydrogen) atoms. The number of rotatable bonds is 8. The molecule has 0 aliphatic rings. The molecule has 0 fully saturated rings. The first-order valence-corrected chi connectivity index (χ1v) is 11.2. The summed E-state index contributed by atoms with van der Waals surface area (Å²) in [5.74, 6) is 0.575. The van der Waals surface area contributed by atoms with E-state index in [2.05, 4.69) is 22.4 Å². The van der Waals surface area contributed by atoms with Crippen molar-refractivity contribution in [3.8, 4) is 22.6 Å². The van der Waals surface area contributed by atoms with Crippen LogP contribution >= 0.6 is 11.6 Å². The molecule has 1 heterocycles. The summed E-state index contributed by atoms with van der Waals surface area (Å²) in [6, 6.07) is 23.7. The lowest BCUT2D eigenvalue weighted by Crippen LogP contribution is -2.34. The number of imidazole rings is 1. The molecule has 0 aliphatic carbocycles. The highest BCUT2D eigenvalue weighted by molar-refractivity contribution is 6.31. The van der Waals surface area contributed by atoms with Crippen LogP contribution in [0, 0.1) is 0 Å². The van der Waals surface area contributed by atoms with Crippen molar-refractivity contribution in [1.29, 1.82) is 0 Å². The van der Waals surface area contributed by atoms with Gasteiger partial charge in [-0.2, -0.15) is 0 Å². The van der Waals surface area contributed by atoms with Crippen LogP contribution in [0.2, 0.25) is 5.02 Å². The zero-order valence-electron chi connectivity index (χ0n) is 18.7. The third kappa shape index (κ3) is 5.44. The maximum Gasteiger partial charge on any atom is 0.270 e. The second kappa shape index (κ2) is 10.4. The summed E-state index contributed by atoms with van der Waals surface area (Å²) < 4.78 is 7.30.